The quantitative estimate of drug-likeness (QED) is 0.688. The zero-order valence-electron chi connectivity index (χ0n) is 11.8. The molecule has 0 saturated carbocycles. The van der Waals surface area contributed by atoms with E-state index in [0.717, 1.165) is 0 Å². The van der Waals surface area contributed by atoms with E-state index < -0.39 is 5.43 Å². The highest BCUT2D eigenvalue weighted by Gasteiger charge is 2.28. The van der Waals surface area contributed by atoms with Crippen molar-refractivity contribution in [3.05, 3.63) is 34.5 Å². The molecule has 0 amide bonds. The maximum absolute atomic E-state index is 12.3. The van der Waals surface area contributed by atoms with Crippen molar-refractivity contribution in [2.75, 3.05) is 21.3 Å². The summed E-state index contributed by atoms with van der Waals surface area (Å²) in [6, 6.07) is 7.24. The number of benzene rings is 2. The molecule has 0 aromatic heterocycles. The Bertz CT molecular complexity index is 839. The largest absolute Gasteiger partial charge is 0.491 e. The first-order chi connectivity index (χ1) is 10.2. The van der Waals surface area contributed by atoms with Crippen LogP contribution in [0.15, 0.2) is 33.5 Å². The van der Waals surface area contributed by atoms with Gasteiger partial charge in [-0.1, -0.05) is 12.1 Å². The Hall–Kier alpha value is -2.76. The lowest BCUT2D eigenvalue weighted by Gasteiger charge is -2.15. The molecule has 0 saturated heterocycles. The van der Waals surface area contributed by atoms with Crippen LogP contribution in [-0.2, 0) is 0 Å². The fourth-order valence-corrected chi connectivity index (χ4v) is 2.25. The Labute approximate surface area is 120 Å². The van der Waals surface area contributed by atoms with E-state index in [9.17, 15) is 4.79 Å². The summed E-state index contributed by atoms with van der Waals surface area (Å²) < 4.78 is 21.3. The van der Waals surface area contributed by atoms with E-state index >= 15 is 0 Å². The second-order valence-electron chi connectivity index (χ2n) is 4.29. The first kappa shape index (κ1) is 13.2. The van der Waals surface area contributed by atoms with Crippen LogP contribution >= 0.6 is 0 Å². The molecule has 1 aliphatic carbocycles. The Morgan fingerprint density at radius 3 is 2.29 bits per heavy atom. The lowest BCUT2D eigenvalue weighted by Crippen LogP contribution is -2.13. The van der Waals surface area contributed by atoms with Crippen LogP contribution in [-0.4, -0.2) is 26.3 Å². The first-order valence-electron chi connectivity index (χ1n) is 6.22. The van der Waals surface area contributed by atoms with Gasteiger partial charge in [0.1, 0.15) is 5.52 Å². The molecular formula is C15H13NO5. The van der Waals surface area contributed by atoms with Gasteiger partial charge in [0, 0.05) is 0 Å². The molecule has 1 aliphatic heterocycles. The molecule has 0 fully saturated rings. The zero-order chi connectivity index (χ0) is 15.0. The summed E-state index contributed by atoms with van der Waals surface area (Å²) in [6.45, 7) is 0. The van der Waals surface area contributed by atoms with Crippen LogP contribution in [0.3, 0.4) is 0 Å². The van der Waals surface area contributed by atoms with Crippen molar-refractivity contribution in [3.8, 4) is 28.7 Å². The average molecular weight is 287 g/mol. The topological polar surface area (TPSA) is 70.8 Å². The number of nitrogens with zero attached hydrogens (tertiary/aromatic N) is 1. The Kier molecular flexibility index (Phi) is 3.13. The van der Waals surface area contributed by atoms with E-state index in [1.165, 1.54) is 21.3 Å². The van der Waals surface area contributed by atoms with Crippen molar-refractivity contribution in [1.29, 1.82) is 0 Å². The average Bonchev–Trinajstić information content (AvgIpc) is 2.52. The second kappa shape index (κ2) is 4.97. The standard InChI is InChI=1S/C15H13NO5/c1-18-12-10-13(15(20-3)11(17)14(12)19-2)21-9-7-5-4-6-8(9)16-10/h4-7H,1-3H3. The van der Waals surface area contributed by atoms with Gasteiger partial charge in [-0.25, -0.2) is 4.98 Å². The van der Waals surface area contributed by atoms with Gasteiger partial charge < -0.3 is 18.6 Å². The molecule has 1 aromatic carbocycles. The van der Waals surface area contributed by atoms with Gasteiger partial charge in [0.15, 0.2) is 17.0 Å². The molecule has 1 heterocycles. The van der Waals surface area contributed by atoms with Crippen LogP contribution in [0.1, 0.15) is 0 Å². The molecule has 0 bridgehead atoms. The number of ether oxygens (including phenoxy) is 3. The number of hydrogen-bond acceptors (Lipinski definition) is 6. The highest BCUT2D eigenvalue weighted by Crippen LogP contribution is 2.42. The fraction of sp³-hybridized carbons (Fsp3) is 0.200. The smallest absolute Gasteiger partial charge is 0.269 e. The van der Waals surface area contributed by atoms with Crippen molar-refractivity contribution in [1.82, 2.24) is 4.98 Å². The molecule has 0 atom stereocenters. The summed E-state index contributed by atoms with van der Waals surface area (Å²) >= 11 is 0. The van der Waals surface area contributed by atoms with Crippen LogP contribution in [0.5, 0.6) is 17.2 Å². The van der Waals surface area contributed by atoms with Crippen LogP contribution in [0.4, 0.5) is 0 Å². The number of aromatic nitrogens is 1. The molecule has 0 radical (unpaired) electrons. The van der Waals surface area contributed by atoms with Crippen molar-refractivity contribution >= 4 is 11.1 Å². The summed E-state index contributed by atoms with van der Waals surface area (Å²) in [5.41, 5.74) is 1.13. The van der Waals surface area contributed by atoms with Crippen molar-refractivity contribution in [2.24, 2.45) is 0 Å². The molecule has 3 rings (SSSR count). The monoisotopic (exact) mass is 287 g/mol. The number of rotatable bonds is 3. The predicted molar refractivity (Wildman–Crippen MR) is 76.6 cm³/mol. The summed E-state index contributed by atoms with van der Waals surface area (Å²) in [5.74, 6) is 0.549. The maximum Gasteiger partial charge on any atom is 0.269 e. The normalized spacial score (nSPS) is 10.8. The van der Waals surface area contributed by atoms with Gasteiger partial charge in [0.2, 0.25) is 17.3 Å². The van der Waals surface area contributed by atoms with Crippen LogP contribution in [0.25, 0.3) is 22.6 Å². The maximum atomic E-state index is 12.3. The number of hydrogen-bond donors (Lipinski definition) is 0. The first-order valence-corrected chi connectivity index (χ1v) is 6.22. The van der Waals surface area contributed by atoms with Crippen LogP contribution in [0.2, 0.25) is 0 Å². The molecule has 6 nitrogen and oxygen atoms in total. The molecule has 6 heteroatoms. The predicted octanol–water partition coefficient (Wildman–Crippen LogP) is 2.32. The Morgan fingerprint density at radius 1 is 0.952 bits per heavy atom. The molecule has 108 valence electrons. The van der Waals surface area contributed by atoms with Gasteiger partial charge in [-0.2, -0.15) is 0 Å². The van der Waals surface area contributed by atoms with E-state index in [-0.39, 0.29) is 23.0 Å². The van der Waals surface area contributed by atoms with Crippen molar-refractivity contribution in [3.63, 3.8) is 0 Å². The summed E-state index contributed by atoms with van der Waals surface area (Å²) in [4.78, 5) is 16.8. The van der Waals surface area contributed by atoms with E-state index in [4.69, 9.17) is 18.6 Å². The minimum atomic E-state index is -0.440. The van der Waals surface area contributed by atoms with Crippen molar-refractivity contribution < 1.29 is 18.6 Å². The molecular weight excluding hydrogens is 274 g/mol. The van der Waals surface area contributed by atoms with Gasteiger partial charge >= 0.3 is 0 Å². The van der Waals surface area contributed by atoms with Crippen molar-refractivity contribution in [2.45, 2.75) is 0 Å². The summed E-state index contributed by atoms with van der Waals surface area (Å²) in [5, 5.41) is 0. The second-order valence-corrected chi connectivity index (χ2v) is 4.29. The fourth-order valence-electron chi connectivity index (χ4n) is 2.25. The molecule has 0 spiro atoms. The van der Waals surface area contributed by atoms with Gasteiger partial charge in [0.25, 0.3) is 5.43 Å². The van der Waals surface area contributed by atoms with E-state index in [2.05, 4.69) is 4.98 Å². The molecule has 0 N–H and O–H groups in total. The SMILES string of the molecule is COc1c2nc3ccccc3oc-2c(OC)c(=O)c1OC. The van der Waals surface area contributed by atoms with Gasteiger partial charge in [-0.3, -0.25) is 4.79 Å². The summed E-state index contributed by atoms with van der Waals surface area (Å²) in [7, 11) is 4.23. The minimum Gasteiger partial charge on any atom is -0.491 e. The third-order valence-electron chi connectivity index (χ3n) is 3.18. The van der Waals surface area contributed by atoms with Crippen LogP contribution < -0.4 is 19.6 Å². The molecule has 0 unspecified atom stereocenters. The molecule has 21 heavy (non-hydrogen) atoms. The minimum absolute atomic E-state index is 0.0415. The Morgan fingerprint density at radius 2 is 1.62 bits per heavy atom. The highest BCUT2D eigenvalue weighted by molar-refractivity contribution is 5.82. The highest BCUT2D eigenvalue weighted by atomic mass is 16.5. The number of fused-ring (bicyclic) bond motifs is 2. The summed E-state index contributed by atoms with van der Waals surface area (Å²) in [6.07, 6.45) is 0. The van der Waals surface area contributed by atoms with Gasteiger partial charge in [-0.15, -0.1) is 0 Å². The van der Waals surface area contributed by atoms with E-state index in [0.29, 0.717) is 16.8 Å². The third-order valence-corrected chi connectivity index (χ3v) is 3.18. The molecule has 2 aliphatic rings. The zero-order valence-corrected chi connectivity index (χ0v) is 11.8. The molecule has 1 aromatic rings. The lowest BCUT2D eigenvalue weighted by molar-refractivity contribution is 0.340. The van der Waals surface area contributed by atoms with E-state index in [1.807, 2.05) is 18.2 Å². The lowest BCUT2D eigenvalue weighted by atomic mass is 10.1. The van der Waals surface area contributed by atoms with Gasteiger partial charge in [-0.05, 0) is 12.1 Å². The van der Waals surface area contributed by atoms with Gasteiger partial charge in [0.05, 0.1) is 21.3 Å². The number of methoxy groups -OCH3 is 3. The third kappa shape index (κ3) is 1.87. The number of para-hydroxylation sites is 2. The van der Waals surface area contributed by atoms with Crippen LogP contribution in [0, 0.1) is 0 Å². The van der Waals surface area contributed by atoms with E-state index in [1.54, 1.807) is 6.07 Å². The Balaban J connectivity index is 2.54.